The normalized spacial score (nSPS) is 14.8. The van der Waals surface area contributed by atoms with Crippen molar-refractivity contribution in [1.82, 2.24) is 15.0 Å². The van der Waals surface area contributed by atoms with Crippen LogP contribution < -0.4 is 14.9 Å². The number of fused-ring (bicyclic) bond motifs is 1. The van der Waals surface area contributed by atoms with Crippen LogP contribution in [0.3, 0.4) is 0 Å². The number of aryl methyl sites for hydroxylation is 2. The molecule has 0 radical (unpaired) electrons. The molecule has 2 amide bonds. The summed E-state index contributed by atoms with van der Waals surface area (Å²) in [6.45, 7) is 3.74. The molecule has 1 atom stereocenters. The van der Waals surface area contributed by atoms with E-state index in [-0.39, 0.29) is 18.1 Å². The predicted molar refractivity (Wildman–Crippen MR) is 121 cm³/mol. The van der Waals surface area contributed by atoms with Crippen LogP contribution in [-0.4, -0.2) is 46.1 Å². The highest BCUT2D eigenvalue weighted by molar-refractivity contribution is 7.27. The van der Waals surface area contributed by atoms with Crippen LogP contribution in [0, 0.1) is 13.8 Å². The van der Waals surface area contributed by atoms with Crippen molar-refractivity contribution >= 4 is 37.9 Å². The highest BCUT2D eigenvalue weighted by Crippen LogP contribution is 2.27. The summed E-state index contributed by atoms with van der Waals surface area (Å²) in [5.74, 6) is -0.457. The van der Waals surface area contributed by atoms with Crippen LogP contribution in [0.5, 0.6) is 5.75 Å². The van der Waals surface area contributed by atoms with Gasteiger partial charge in [0.25, 0.3) is 5.91 Å². The zero-order chi connectivity index (χ0) is 22.1. The summed E-state index contributed by atoms with van der Waals surface area (Å²) in [6.07, 6.45) is 3.14. The van der Waals surface area contributed by atoms with Gasteiger partial charge in [-0.2, -0.15) is 0 Å². The van der Waals surface area contributed by atoms with Crippen molar-refractivity contribution in [2.75, 3.05) is 18.6 Å². The first-order valence-electron chi connectivity index (χ1n) is 9.53. The van der Waals surface area contributed by atoms with E-state index in [9.17, 15) is 9.59 Å². The Morgan fingerprint density at radius 2 is 2.00 bits per heavy atom. The van der Waals surface area contributed by atoms with Crippen LogP contribution in [0.1, 0.15) is 21.7 Å². The number of pyridine rings is 1. The summed E-state index contributed by atoms with van der Waals surface area (Å²) in [6, 6.07) is 9.33. The molecule has 8 nitrogen and oxygen atoms in total. The van der Waals surface area contributed by atoms with E-state index in [0.717, 1.165) is 22.0 Å². The monoisotopic (exact) mass is 433 g/mol. The van der Waals surface area contributed by atoms with E-state index >= 15 is 0 Å². The minimum Gasteiger partial charge on any atom is -0.483 e. The van der Waals surface area contributed by atoms with Crippen molar-refractivity contribution in [3.05, 3.63) is 59.7 Å². The largest absolute Gasteiger partial charge is 0.483 e. The van der Waals surface area contributed by atoms with E-state index in [4.69, 9.17) is 4.74 Å². The summed E-state index contributed by atoms with van der Waals surface area (Å²) in [7, 11) is 4.24. The molecular formula is C22H20N5O3P. The first-order chi connectivity index (χ1) is 14.8. The Labute approximate surface area is 181 Å². The molecule has 2 aromatic heterocycles. The number of anilines is 1. The number of hydrogen-bond acceptors (Lipinski definition) is 6. The highest BCUT2D eigenvalue weighted by Gasteiger charge is 2.27. The average Bonchev–Trinajstić information content (AvgIpc) is 2.88. The molecule has 156 valence electrons. The topological polar surface area (TPSA) is 97.6 Å². The molecule has 0 fully saturated rings. The fourth-order valence-corrected chi connectivity index (χ4v) is 3.40. The fraction of sp³-hybridized carbons (Fsp3) is 0.182. The lowest BCUT2D eigenvalue weighted by Gasteiger charge is -2.13. The Morgan fingerprint density at radius 1 is 1.19 bits per heavy atom. The quantitative estimate of drug-likeness (QED) is 0.576. The number of carbonyl (C=O) groups excluding carboxylic acids is 2. The lowest BCUT2D eigenvalue weighted by atomic mass is 10.1. The third-order valence-electron chi connectivity index (χ3n) is 4.94. The molecule has 0 saturated carbocycles. The summed E-state index contributed by atoms with van der Waals surface area (Å²) >= 11 is 0. The second kappa shape index (κ2) is 8.32. The Balaban J connectivity index is 1.66. The number of aromatic nitrogens is 3. The summed E-state index contributed by atoms with van der Waals surface area (Å²) in [5, 5.41) is 1.04. The molecular weight excluding hydrogens is 413 g/mol. The number of nitrogens with zero attached hydrogens (tertiary/aromatic N) is 5. The second-order valence-corrected chi connectivity index (χ2v) is 7.76. The van der Waals surface area contributed by atoms with Crippen LogP contribution in [0.25, 0.3) is 11.3 Å². The lowest BCUT2D eigenvalue weighted by molar-refractivity contribution is -0.112. The maximum absolute atomic E-state index is 12.8. The van der Waals surface area contributed by atoms with Gasteiger partial charge in [0.05, 0.1) is 5.69 Å². The van der Waals surface area contributed by atoms with Crippen LogP contribution in [-0.2, 0) is 4.79 Å². The first-order valence-corrected chi connectivity index (χ1v) is 10.1. The fourth-order valence-electron chi connectivity index (χ4n) is 3.12. The number of amides is 2. The van der Waals surface area contributed by atoms with Crippen molar-refractivity contribution < 1.29 is 14.3 Å². The minimum absolute atomic E-state index is 0.0428. The number of rotatable bonds is 2. The van der Waals surface area contributed by atoms with E-state index in [1.54, 1.807) is 31.6 Å². The van der Waals surface area contributed by atoms with Crippen LogP contribution in [0.2, 0.25) is 0 Å². The summed E-state index contributed by atoms with van der Waals surface area (Å²) in [4.78, 5) is 43.6. The first kappa shape index (κ1) is 20.8. The molecule has 3 heterocycles. The van der Waals surface area contributed by atoms with Gasteiger partial charge in [-0.15, -0.1) is 9.24 Å². The summed E-state index contributed by atoms with van der Waals surface area (Å²) in [5.41, 5.74) is 3.42. The van der Waals surface area contributed by atoms with Gasteiger partial charge in [0.2, 0.25) is 5.82 Å². The Hall–Kier alpha value is -3.51. The molecule has 31 heavy (non-hydrogen) atoms. The SMILES string of the molecule is Cc1ccc(-c2nc(C(=O)N=C3COc4cccnc4N(C)C3=O)ncc2C)cc1P. The van der Waals surface area contributed by atoms with Gasteiger partial charge in [0.1, 0.15) is 12.3 Å². The minimum atomic E-state index is -0.710. The molecule has 4 rings (SSSR count). The van der Waals surface area contributed by atoms with Crippen molar-refractivity contribution in [1.29, 1.82) is 0 Å². The maximum atomic E-state index is 12.8. The van der Waals surface area contributed by atoms with E-state index in [1.165, 1.54) is 4.90 Å². The number of ether oxygens (including phenoxy) is 1. The van der Waals surface area contributed by atoms with E-state index < -0.39 is 11.8 Å². The zero-order valence-corrected chi connectivity index (χ0v) is 18.4. The van der Waals surface area contributed by atoms with E-state index in [0.29, 0.717) is 17.3 Å². The highest BCUT2D eigenvalue weighted by atomic mass is 31.0. The molecule has 0 saturated heterocycles. The second-order valence-electron chi connectivity index (χ2n) is 7.14. The van der Waals surface area contributed by atoms with Gasteiger partial charge >= 0.3 is 5.91 Å². The average molecular weight is 433 g/mol. The molecule has 0 N–H and O–H groups in total. The van der Waals surface area contributed by atoms with Gasteiger partial charge in [-0.3, -0.25) is 14.5 Å². The van der Waals surface area contributed by atoms with Crippen molar-refractivity contribution in [2.45, 2.75) is 13.8 Å². The number of aliphatic imine (C=N–C) groups is 1. The molecule has 1 aromatic carbocycles. The zero-order valence-electron chi connectivity index (χ0n) is 17.3. The van der Waals surface area contributed by atoms with E-state index in [1.807, 2.05) is 32.0 Å². The Bertz CT molecular complexity index is 1240. The Kier molecular flexibility index (Phi) is 5.57. The molecule has 0 aliphatic carbocycles. The number of benzene rings is 1. The maximum Gasteiger partial charge on any atom is 0.315 e. The number of carbonyl (C=O) groups is 2. The summed E-state index contributed by atoms with van der Waals surface area (Å²) < 4.78 is 5.62. The van der Waals surface area contributed by atoms with Crippen LogP contribution in [0.4, 0.5) is 5.82 Å². The Morgan fingerprint density at radius 3 is 2.77 bits per heavy atom. The van der Waals surface area contributed by atoms with Gasteiger partial charge in [-0.1, -0.05) is 12.1 Å². The molecule has 1 aliphatic heterocycles. The molecule has 1 aliphatic rings. The van der Waals surface area contributed by atoms with Crippen LogP contribution in [0.15, 0.2) is 47.7 Å². The molecule has 9 heteroatoms. The third kappa shape index (κ3) is 4.07. The van der Waals surface area contributed by atoms with Crippen LogP contribution >= 0.6 is 9.24 Å². The van der Waals surface area contributed by atoms with Gasteiger partial charge in [0, 0.05) is 25.0 Å². The van der Waals surface area contributed by atoms with E-state index in [2.05, 4.69) is 29.2 Å². The smallest absolute Gasteiger partial charge is 0.315 e. The molecule has 0 bridgehead atoms. The van der Waals surface area contributed by atoms with Gasteiger partial charge < -0.3 is 4.74 Å². The van der Waals surface area contributed by atoms with Crippen molar-refractivity contribution in [3.8, 4) is 17.0 Å². The lowest BCUT2D eigenvalue weighted by Crippen LogP contribution is -2.35. The molecule has 1 unspecified atom stereocenters. The predicted octanol–water partition coefficient (Wildman–Crippen LogP) is 2.29. The number of hydrogen-bond donors (Lipinski definition) is 0. The van der Waals surface area contributed by atoms with Gasteiger partial charge in [-0.25, -0.2) is 19.9 Å². The standard InChI is InChI=1S/C22H20N5O3P/c1-12-6-7-14(9-17(12)31)18-13(2)10-24-19(26-18)21(28)25-15-11-30-16-5-4-8-23-20(16)27(3)22(15)29/h4-10H,11,31H2,1-3H3. The van der Waals surface area contributed by atoms with Gasteiger partial charge in [-0.05, 0) is 48.5 Å². The van der Waals surface area contributed by atoms with Crippen molar-refractivity contribution in [3.63, 3.8) is 0 Å². The van der Waals surface area contributed by atoms with Crippen molar-refractivity contribution in [2.24, 2.45) is 4.99 Å². The molecule has 0 spiro atoms. The molecule has 3 aromatic rings. The third-order valence-corrected chi connectivity index (χ3v) is 5.56. The van der Waals surface area contributed by atoms with Gasteiger partial charge in [0.15, 0.2) is 11.6 Å².